The summed E-state index contributed by atoms with van der Waals surface area (Å²) in [7, 11) is 2.94. The van der Waals surface area contributed by atoms with Gasteiger partial charge in [0, 0.05) is 33.2 Å². The van der Waals surface area contributed by atoms with Gasteiger partial charge in [-0.15, -0.1) is 5.23 Å². The summed E-state index contributed by atoms with van der Waals surface area (Å²) in [6, 6.07) is 5.92. The van der Waals surface area contributed by atoms with Crippen LogP contribution in [-0.4, -0.2) is 37.4 Å². The Morgan fingerprint density at radius 3 is 2.48 bits per heavy atom. The van der Waals surface area contributed by atoms with Gasteiger partial charge in [-0.05, 0) is 18.2 Å². The lowest BCUT2D eigenvalue weighted by atomic mass is 9.94. The zero-order valence-corrected chi connectivity index (χ0v) is 14.3. The van der Waals surface area contributed by atoms with Gasteiger partial charge in [0.05, 0.1) is 20.2 Å². The molecule has 27 heavy (non-hydrogen) atoms. The Morgan fingerprint density at radius 2 is 1.85 bits per heavy atom. The molecule has 3 aromatic rings. The molecule has 1 heterocycles. The number of ether oxygens (including phenoxy) is 4. The molecule has 1 aliphatic heterocycles. The number of methoxy groups -OCH3 is 2. The maximum Gasteiger partial charge on any atom is 0.231 e. The standard InChI is InChI=1S/C18H15NO8/c1-24-8-3-10-9(13(4-8)25-2)5-12(19(22)23)15-11(18(20)21)6-14-17(16(10)15)27-7-26-14/h3-6,22-23H,7H2,1-2H3,(H,20,21)/p-1. The number of hydrogen-bond donors (Lipinski definition) is 2. The van der Waals surface area contributed by atoms with Crippen LogP contribution in [0.4, 0.5) is 5.69 Å². The fourth-order valence-corrected chi connectivity index (χ4v) is 3.34. The Morgan fingerprint density at radius 1 is 1.07 bits per heavy atom. The lowest BCUT2D eigenvalue weighted by Gasteiger charge is -2.20. The third-order valence-electron chi connectivity index (χ3n) is 4.48. The highest BCUT2D eigenvalue weighted by atomic mass is 16.8. The minimum Gasteiger partial charge on any atom is -0.545 e. The topological polar surface area (TPSA) is 121 Å². The molecule has 0 aliphatic carbocycles. The van der Waals surface area contributed by atoms with E-state index in [4.69, 9.17) is 18.9 Å². The first-order valence-electron chi connectivity index (χ1n) is 7.80. The molecule has 1 aliphatic rings. The molecule has 9 heteroatoms. The van der Waals surface area contributed by atoms with Crippen LogP contribution in [0.2, 0.25) is 0 Å². The third kappa shape index (κ3) is 2.44. The molecule has 4 rings (SSSR count). The van der Waals surface area contributed by atoms with Crippen molar-refractivity contribution in [3.05, 3.63) is 29.8 Å². The molecule has 0 unspecified atom stereocenters. The minimum atomic E-state index is -1.50. The Balaban J connectivity index is 2.32. The van der Waals surface area contributed by atoms with Crippen LogP contribution in [-0.2, 0) is 0 Å². The van der Waals surface area contributed by atoms with Gasteiger partial charge in [0.15, 0.2) is 11.5 Å². The third-order valence-corrected chi connectivity index (χ3v) is 4.48. The summed E-state index contributed by atoms with van der Waals surface area (Å²) in [4.78, 5) is 11.7. The largest absolute Gasteiger partial charge is 0.545 e. The number of benzene rings is 3. The Labute approximate surface area is 152 Å². The lowest BCUT2D eigenvalue weighted by Crippen LogP contribution is -2.23. The second kappa shape index (κ2) is 6.08. The summed E-state index contributed by atoms with van der Waals surface area (Å²) in [5.74, 6) is -0.162. The molecule has 0 bridgehead atoms. The Bertz CT molecular complexity index is 1090. The van der Waals surface area contributed by atoms with Gasteiger partial charge in [-0.2, -0.15) is 0 Å². The number of aromatic carboxylic acids is 1. The summed E-state index contributed by atoms with van der Waals surface area (Å²) >= 11 is 0. The van der Waals surface area contributed by atoms with Crippen molar-refractivity contribution in [2.45, 2.75) is 0 Å². The van der Waals surface area contributed by atoms with Crippen molar-refractivity contribution < 1.29 is 39.3 Å². The summed E-state index contributed by atoms with van der Waals surface area (Å²) in [5, 5.41) is 32.4. The number of carboxylic acid groups (broad SMARTS) is 1. The van der Waals surface area contributed by atoms with Gasteiger partial charge < -0.3 is 28.8 Å². The lowest BCUT2D eigenvalue weighted by molar-refractivity contribution is -0.254. The summed E-state index contributed by atoms with van der Waals surface area (Å²) in [5.41, 5.74) is -0.459. The van der Waals surface area contributed by atoms with Gasteiger partial charge in [0.1, 0.15) is 17.2 Å². The Kier molecular flexibility index (Phi) is 3.83. The fourth-order valence-electron chi connectivity index (χ4n) is 3.34. The number of carbonyl (C=O) groups excluding carboxylic acids is 1. The van der Waals surface area contributed by atoms with E-state index >= 15 is 0 Å². The van der Waals surface area contributed by atoms with Gasteiger partial charge in [-0.3, -0.25) is 10.4 Å². The smallest absolute Gasteiger partial charge is 0.231 e. The highest BCUT2D eigenvalue weighted by Gasteiger charge is 2.26. The van der Waals surface area contributed by atoms with Crippen LogP contribution in [0, 0.1) is 0 Å². The van der Waals surface area contributed by atoms with E-state index in [0.717, 1.165) is 0 Å². The van der Waals surface area contributed by atoms with Crippen LogP contribution >= 0.6 is 0 Å². The quantitative estimate of drug-likeness (QED) is 0.520. The normalized spacial score (nSPS) is 12.4. The number of nitrogens with zero attached hydrogens (tertiary/aromatic N) is 1. The molecule has 2 N–H and O–H groups in total. The second-order valence-corrected chi connectivity index (χ2v) is 5.81. The molecular formula is C18H14NO8-. The first-order valence-corrected chi connectivity index (χ1v) is 7.80. The van der Waals surface area contributed by atoms with Crippen LogP contribution in [0.25, 0.3) is 21.5 Å². The molecule has 0 saturated carbocycles. The van der Waals surface area contributed by atoms with Crippen molar-refractivity contribution in [2.75, 3.05) is 26.2 Å². The van der Waals surface area contributed by atoms with E-state index in [1.54, 1.807) is 12.1 Å². The highest BCUT2D eigenvalue weighted by Crippen LogP contribution is 2.49. The molecule has 0 atom stereocenters. The zero-order valence-electron chi connectivity index (χ0n) is 14.3. The van der Waals surface area contributed by atoms with Crippen LogP contribution in [0.15, 0.2) is 24.3 Å². The highest BCUT2D eigenvalue weighted by molar-refractivity contribution is 6.22. The monoisotopic (exact) mass is 372 g/mol. The maximum absolute atomic E-state index is 11.7. The van der Waals surface area contributed by atoms with E-state index in [-0.39, 0.29) is 40.2 Å². The van der Waals surface area contributed by atoms with Crippen LogP contribution < -0.4 is 29.3 Å². The predicted molar refractivity (Wildman–Crippen MR) is 91.1 cm³/mol. The molecular weight excluding hydrogens is 358 g/mol. The average Bonchev–Trinajstić information content (AvgIpc) is 3.13. The van der Waals surface area contributed by atoms with Crippen molar-refractivity contribution in [3.8, 4) is 23.0 Å². The average molecular weight is 372 g/mol. The van der Waals surface area contributed by atoms with E-state index in [0.29, 0.717) is 27.7 Å². The molecule has 0 saturated heterocycles. The summed E-state index contributed by atoms with van der Waals surface area (Å²) < 4.78 is 21.6. The number of hydrogen-bond acceptors (Lipinski definition) is 9. The number of fused-ring (bicyclic) bond motifs is 5. The van der Waals surface area contributed by atoms with E-state index in [1.807, 2.05) is 0 Å². The molecule has 140 valence electrons. The minimum absolute atomic E-state index is 0.0204. The molecule has 0 amide bonds. The van der Waals surface area contributed by atoms with Crippen molar-refractivity contribution in [1.29, 1.82) is 0 Å². The number of carbonyl (C=O) groups is 1. The van der Waals surface area contributed by atoms with Crippen molar-refractivity contribution in [1.82, 2.24) is 0 Å². The van der Waals surface area contributed by atoms with Crippen LogP contribution in [0.3, 0.4) is 0 Å². The van der Waals surface area contributed by atoms with Crippen molar-refractivity contribution in [2.24, 2.45) is 0 Å². The van der Waals surface area contributed by atoms with Gasteiger partial charge in [-0.25, -0.2) is 0 Å². The summed E-state index contributed by atoms with van der Waals surface area (Å²) in [6.45, 7) is -0.101. The number of carboxylic acids is 1. The predicted octanol–water partition coefficient (Wildman–Crippen LogP) is 1.69. The number of anilines is 1. The van der Waals surface area contributed by atoms with Gasteiger partial charge in [0.25, 0.3) is 0 Å². The van der Waals surface area contributed by atoms with E-state index in [9.17, 15) is 20.3 Å². The van der Waals surface area contributed by atoms with Crippen molar-refractivity contribution in [3.63, 3.8) is 0 Å². The molecule has 0 spiro atoms. The van der Waals surface area contributed by atoms with Crippen molar-refractivity contribution >= 4 is 33.2 Å². The maximum atomic E-state index is 11.7. The van der Waals surface area contributed by atoms with E-state index in [2.05, 4.69) is 0 Å². The van der Waals surface area contributed by atoms with Crippen LogP contribution in [0.5, 0.6) is 23.0 Å². The van der Waals surface area contributed by atoms with E-state index < -0.39 is 5.97 Å². The zero-order chi connectivity index (χ0) is 19.3. The molecule has 0 aromatic heterocycles. The second-order valence-electron chi connectivity index (χ2n) is 5.81. The first kappa shape index (κ1) is 17.0. The molecule has 9 nitrogen and oxygen atoms in total. The fraction of sp³-hybridized carbons (Fsp3) is 0.167. The van der Waals surface area contributed by atoms with Gasteiger partial charge in [0.2, 0.25) is 6.79 Å². The van der Waals surface area contributed by atoms with Crippen LogP contribution in [0.1, 0.15) is 10.4 Å². The SMILES string of the molecule is COc1cc(OC)c2cc(N(O)O)c3c(C(=O)[O-])cc4c(c3c2c1)OCO4. The van der Waals surface area contributed by atoms with E-state index in [1.165, 1.54) is 26.4 Å². The summed E-state index contributed by atoms with van der Waals surface area (Å²) in [6.07, 6.45) is 0. The Hall–Kier alpha value is -3.43. The molecule has 0 fully saturated rings. The van der Waals surface area contributed by atoms with Gasteiger partial charge in [-0.1, -0.05) is 0 Å². The number of rotatable bonds is 4. The first-order chi connectivity index (χ1) is 13.0. The molecule has 0 radical (unpaired) electrons. The molecule has 3 aromatic carbocycles. The van der Waals surface area contributed by atoms with Gasteiger partial charge >= 0.3 is 0 Å².